The molecule has 0 radical (unpaired) electrons. The molecule has 1 saturated carbocycles. The summed E-state index contributed by atoms with van der Waals surface area (Å²) >= 11 is 5.97. The summed E-state index contributed by atoms with van der Waals surface area (Å²) < 4.78 is 26.5. The van der Waals surface area contributed by atoms with Crippen molar-refractivity contribution in [2.75, 3.05) is 12.3 Å². The van der Waals surface area contributed by atoms with Gasteiger partial charge in [0.25, 0.3) is 0 Å². The van der Waals surface area contributed by atoms with E-state index in [9.17, 15) is 8.42 Å². The van der Waals surface area contributed by atoms with Crippen LogP contribution in [0.2, 0.25) is 5.02 Å². The number of hydrogen-bond donors (Lipinski definition) is 1. The number of anilines is 1. The van der Waals surface area contributed by atoms with Crippen molar-refractivity contribution >= 4 is 27.3 Å². The van der Waals surface area contributed by atoms with E-state index < -0.39 is 10.0 Å². The second kappa shape index (κ2) is 4.91. The Kier molecular flexibility index (Phi) is 3.66. The number of nitrogens with two attached hydrogens (primary N) is 1. The molecule has 2 N–H and O–H groups in total. The van der Waals surface area contributed by atoms with Gasteiger partial charge in [-0.2, -0.15) is 4.31 Å². The standard InChI is InChI=1S/C12H15ClN2O2S/c1-2-8-15(9-6-7-9)18(16,17)12-10(13)4-3-5-11(12)14/h2-5,9H,1,6-8,14H2. The zero-order valence-corrected chi connectivity index (χ0v) is 11.4. The topological polar surface area (TPSA) is 63.4 Å². The fourth-order valence-corrected chi connectivity index (χ4v) is 4.14. The van der Waals surface area contributed by atoms with Crippen molar-refractivity contribution in [2.24, 2.45) is 0 Å². The van der Waals surface area contributed by atoms with Crippen molar-refractivity contribution in [3.05, 3.63) is 35.9 Å². The first-order valence-corrected chi connectivity index (χ1v) is 7.47. The predicted octanol–water partition coefficient (Wildman–Crippen LogP) is 2.26. The molecule has 0 saturated heterocycles. The summed E-state index contributed by atoms with van der Waals surface area (Å²) in [5.41, 5.74) is 5.92. The maximum atomic E-state index is 12.6. The molecule has 1 aliphatic carbocycles. The van der Waals surface area contributed by atoms with E-state index >= 15 is 0 Å². The number of nitrogen functional groups attached to an aromatic ring is 1. The molecule has 98 valence electrons. The van der Waals surface area contributed by atoms with Crippen LogP contribution in [-0.4, -0.2) is 25.3 Å². The maximum Gasteiger partial charge on any atom is 0.247 e. The Morgan fingerprint density at radius 2 is 2.17 bits per heavy atom. The van der Waals surface area contributed by atoms with E-state index in [1.165, 1.54) is 16.4 Å². The van der Waals surface area contributed by atoms with Crippen molar-refractivity contribution in [3.63, 3.8) is 0 Å². The third-order valence-corrected chi connectivity index (χ3v) is 5.29. The number of benzene rings is 1. The second-order valence-electron chi connectivity index (χ2n) is 4.25. The zero-order chi connectivity index (χ0) is 13.3. The fourth-order valence-electron chi connectivity index (χ4n) is 1.85. The Balaban J connectivity index is 2.49. The molecule has 0 spiro atoms. The van der Waals surface area contributed by atoms with Gasteiger partial charge >= 0.3 is 0 Å². The summed E-state index contributed by atoms with van der Waals surface area (Å²) in [5.74, 6) is 0. The van der Waals surface area contributed by atoms with E-state index in [1.54, 1.807) is 12.1 Å². The normalized spacial score (nSPS) is 15.9. The first-order chi connectivity index (χ1) is 8.48. The van der Waals surface area contributed by atoms with Gasteiger partial charge in [-0.05, 0) is 25.0 Å². The summed E-state index contributed by atoms with van der Waals surface area (Å²) in [5, 5.41) is 0.157. The number of nitrogens with zero attached hydrogens (tertiary/aromatic N) is 1. The first-order valence-electron chi connectivity index (χ1n) is 5.65. The molecule has 18 heavy (non-hydrogen) atoms. The van der Waals surface area contributed by atoms with Crippen molar-refractivity contribution in [1.29, 1.82) is 0 Å². The van der Waals surface area contributed by atoms with Crippen molar-refractivity contribution in [2.45, 2.75) is 23.8 Å². The van der Waals surface area contributed by atoms with Gasteiger partial charge in [0.2, 0.25) is 10.0 Å². The van der Waals surface area contributed by atoms with Gasteiger partial charge in [0.15, 0.2) is 0 Å². The van der Waals surface area contributed by atoms with Crippen molar-refractivity contribution < 1.29 is 8.42 Å². The minimum absolute atomic E-state index is 0.000386. The SMILES string of the molecule is C=CCN(C1CC1)S(=O)(=O)c1c(N)cccc1Cl. The van der Waals surface area contributed by atoms with E-state index in [2.05, 4.69) is 6.58 Å². The van der Waals surface area contributed by atoms with Gasteiger partial charge in [0, 0.05) is 12.6 Å². The Bertz CT molecular complexity index is 547. The highest BCUT2D eigenvalue weighted by Crippen LogP contribution is 2.36. The molecule has 2 rings (SSSR count). The number of halogens is 1. The summed E-state index contributed by atoms with van der Waals surface area (Å²) in [6.45, 7) is 3.87. The molecule has 0 heterocycles. The van der Waals surface area contributed by atoms with Gasteiger partial charge < -0.3 is 5.73 Å². The van der Waals surface area contributed by atoms with Crippen LogP contribution in [0.15, 0.2) is 35.7 Å². The molecule has 1 fully saturated rings. The van der Waals surface area contributed by atoms with Crippen LogP contribution < -0.4 is 5.73 Å². The molecule has 0 amide bonds. The molecule has 4 nitrogen and oxygen atoms in total. The molecule has 0 bridgehead atoms. The Morgan fingerprint density at radius 1 is 1.50 bits per heavy atom. The minimum atomic E-state index is -3.66. The Labute approximate surface area is 112 Å². The van der Waals surface area contributed by atoms with Crippen molar-refractivity contribution in [1.82, 2.24) is 4.31 Å². The summed E-state index contributed by atoms with van der Waals surface area (Å²) in [6, 6.07) is 4.75. The highest BCUT2D eigenvalue weighted by Gasteiger charge is 2.38. The van der Waals surface area contributed by atoms with Gasteiger partial charge in [-0.15, -0.1) is 6.58 Å². The summed E-state index contributed by atoms with van der Waals surface area (Å²) in [7, 11) is -3.66. The summed E-state index contributed by atoms with van der Waals surface area (Å²) in [4.78, 5) is 0.000386. The molecule has 1 aliphatic rings. The second-order valence-corrected chi connectivity index (χ2v) is 6.49. The van der Waals surface area contributed by atoms with Crippen LogP contribution in [-0.2, 0) is 10.0 Å². The van der Waals surface area contributed by atoms with E-state index in [0.29, 0.717) is 0 Å². The van der Waals surface area contributed by atoms with Crippen LogP contribution in [0.4, 0.5) is 5.69 Å². The highest BCUT2D eigenvalue weighted by molar-refractivity contribution is 7.89. The molecule has 0 aromatic heterocycles. The molecule has 6 heteroatoms. The van der Waals surface area contributed by atoms with Crippen LogP contribution in [0.25, 0.3) is 0 Å². The molecular formula is C12H15ClN2O2S. The van der Waals surface area contributed by atoms with Crippen LogP contribution in [0.3, 0.4) is 0 Å². The van der Waals surface area contributed by atoms with E-state index in [1.807, 2.05) is 0 Å². The third kappa shape index (κ3) is 2.39. The largest absolute Gasteiger partial charge is 0.398 e. The van der Waals surface area contributed by atoms with Gasteiger partial charge in [-0.25, -0.2) is 8.42 Å². The van der Waals surface area contributed by atoms with Gasteiger partial charge in [0.05, 0.1) is 10.7 Å². The lowest BCUT2D eigenvalue weighted by Crippen LogP contribution is -2.33. The maximum absolute atomic E-state index is 12.6. The average Bonchev–Trinajstić information content (AvgIpc) is 3.08. The van der Waals surface area contributed by atoms with Gasteiger partial charge in [-0.3, -0.25) is 0 Å². The monoisotopic (exact) mass is 286 g/mol. The lowest BCUT2D eigenvalue weighted by atomic mass is 10.3. The quantitative estimate of drug-likeness (QED) is 0.667. The highest BCUT2D eigenvalue weighted by atomic mass is 35.5. The molecular weight excluding hydrogens is 272 g/mol. The zero-order valence-electron chi connectivity index (χ0n) is 9.84. The van der Waals surface area contributed by atoms with Crippen LogP contribution in [0, 0.1) is 0 Å². The molecule has 1 aromatic carbocycles. The summed E-state index contributed by atoms with van der Waals surface area (Å²) in [6.07, 6.45) is 3.32. The lowest BCUT2D eigenvalue weighted by Gasteiger charge is -2.21. The molecule has 0 atom stereocenters. The predicted molar refractivity (Wildman–Crippen MR) is 73.0 cm³/mol. The Hall–Kier alpha value is -1.04. The van der Waals surface area contributed by atoms with Crippen LogP contribution in [0.5, 0.6) is 0 Å². The van der Waals surface area contributed by atoms with Gasteiger partial charge in [0.1, 0.15) is 4.90 Å². The number of rotatable bonds is 5. The molecule has 0 unspecified atom stereocenters. The number of sulfonamides is 1. The van der Waals surface area contributed by atoms with Crippen LogP contribution in [0.1, 0.15) is 12.8 Å². The minimum Gasteiger partial charge on any atom is -0.398 e. The third-order valence-electron chi connectivity index (χ3n) is 2.83. The Morgan fingerprint density at radius 3 is 2.67 bits per heavy atom. The van der Waals surface area contributed by atoms with E-state index in [0.717, 1.165) is 12.8 Å². The van der Waals surface area contributed by atoms with E-state index in [4.69, 9.17) is 17.3 Å². The average molecular weight is 287 g/mol. The van der Waals surface area contributed by atoms with Gasteiger partial charge in [-0.1, -0.05) is 23.7 Å². The molecule has 0 aliphatic heterocycles. The fraction of sp³-hybridized carbons (Fsp3) is 0.333. The number of hydrogen-bond acceptors (Lipinski definition) is 3. The first kappa shape index (κ1) is 13.4. The lowest BCUT2D eigenvalue weighted by molar-refractivity contribution is 0.436. The van der Waals surface area contributed by atoms with Crippen LogP contribution >= 0.6 is 11.6 Å². The smallest absolute Gasteiger partial charge is 0.247 e. The van der Waals surface area contributed by atoms with E-state index in [-0.39, 0.29) is 28.2 Å². The van der Waals surface area contributed by atoms with Crippen molar-refractivity contribution in [3.8, 4) is 0 Å². The molecule has 1 aromatic rings.